The number of thiophene rings is 1. The molecule has 0 bridgehead atoms. The summed E-state index contributed by atoms with van der Waals surface area (Å²) >= 11 is 1.22. The second-order valence-electron chi connectivity index (χ2n) is 6.09. The predicted octanol–water partition coefficient (Wildman–Crippen LogP) is 4.55. The first-order chi connectivity index (χ1) is 13.3. The van der Waals surface area contributed by atoms with Gasteiger partial charge in [0, 0.05) is 17.1 Å². The number of fused-ring (bicyclic) bond motifs is 1. The van der Waals surface area contributed by atoms with Gasteiger partial charge < -0.3 is 14.7 Å². The lowest BCUT2D eigenvalue weighted by Crippen LogP contribution is -2.38. The number of anilines is 1. The molecule has 0 fully saturated rings. The van der Waals surface area contributed by atoms with E-state index in [0.717, 1.165) is 10.4 Å². The molecule has 0 aliphatic carbocycles. The van der Waals surface area contributed by atoms with Crippen LogP contribution in [0.4, 0.5) is 28.0 Å². The number of carbonyl (C=O) groups excluding carboxylic acids is 1. The van der Waals surface area contributed by atoms with E-state index in [2.05, 4.69) is 20.0 Å². The Labute approximate surface area is 159 Å². The van der Waals surface area contributed by atoms with Crippen LogP contribution in [0.3, 0.4) is 0 Å². The summed E-state index contributed by atoms with van der Waals surface area (Å²) in [6.45, 7) is 0.743. The first kappa shape index (κ1) is 18.4. The lowest BCUT2D eigenvalue weighted by Gasteiger charge is -2.27. The Morgan fingerprint density at radius 3 is 2.68 bits per heavy atom. The molecule has 1 N–H and O–H groups in total. The average molecular weight is 412 g/mol. The topological polar surface area (TPSA) is 71.3 Å². The highest BCUT2D eigenvalue weighted by Gasteiger charge is 2.38. The van der Waals surface area contributed by atoms with Crippen LogP contribution in [0.25, 0.3) is 10.7 Å². The molecule has 1 aliphatic heterocycles. The summed E-state index contributed by atoms with van der Waals surface area (Å²) in [6, 6.07) is 6.79. The van der Waals surface area contributed by atoms with Gasteiger partial charge in [0.15, 0.2) is 0 Å². The van der Waals surface area contributed by atoms with Gasteiger partial charge in [-0.1, -0.05) is 5.16 Å². The number of hydrogen-bond acceptors (Lipinski definition) is 5. The Hall–Kier alpha value is -2.95. The molecule has 3 heterocycles. The van der Waals surface area contributed by atoms with E-state index < -0.39 is 17.9 Å². The van der Waals surface area contributed by atoms with Gasteiger partial charge >= 0.3 is 18.1 Å². The molecule has 0 unspecified atom stereocenters. The lowest BCUT2D eigenvalue weighted by molar-refractivity contribution is -0.159. The van der Waals surface area contributed by atoms with Crippen molar-refractivity contribution in [3.8, 4) is 10.7 Å². The molecule has 3 aromatic rings. The minimum Gasteiger partial charge on any atom is -0.329 e. The third-order valence-electron chi connectivity index (χ3n) is 4.15. The van der Waals surface area contributed by atoms with Crippen molar-refractivity contribution in [3.63, 3.8) is 0 Å². The van der Waals surface area contributed by atoms with Gasteiger partial charge in [-0.05, 0) is 42.3 Å². The van der Waals surface area contributed by atoms with Crippen LogP contribution in [0, 0.1) is 5.82 Å². The number of nitrogens with one attached hydrogen (secondary N) is 1. The quantitative estimate of drug-likeness (QED) is 0.627. The van der Waals surface area contributed by atoms with E-state index in [1.165, 1.54) is 35.6 Å². The molecule has 0 radical (unpaired) electrons. The Kier molecular flexibility index (Phi) is 4.53. The molecule has 6 nitrogen and oxygen atoms in total. The number of urea groups is 1. The fourth-order valence-electron chi connectivity index (χ4n) is 2.78. The molecule has 0 saturated heterocycles. The normalized spacial score (nSPS) is 14.1. The molecule has 146 valence electrons. The maximum absolute atomic E-state index is 13.0. The molecule has 2 aromatic heterocycles. The molecule has 2 amide bonds. The van der Waals surface area contributed by atoms with Crippen LogP contribution in [0.5, 0.6) is 0 Å². The van der Waals surface area contributed by atoms with E-state index in [4.69, 9.17) is 0 Å². The Morgan fingerprint density at radius 1 is 1.25 bits per heavy atom. The Balaban J connectivity index is 1.48. The summed E-state index contributed by atoms with van der Waals surface area (Å²) in [4.78, 5) is 18.7. The summed E-state index contributed by atoms with van der Waals surface area (Å²) in [6.07, 6.45) is -4.15. The highest BCUT2D eigenvalue weighted by molar-refractivity contribution is 7.15. The summed E-state index contributed by atoms with van der Waals surface area (Å²) in [5.41, 5.74) is 1.40. The second kappa shape index (κ2) is 6.89. The molecule has 28 heavy (non-hydrogen) atoms. The monoisotopic (exact) mass is 412 g/mol. The van der Waals surface area contributed by atoms with E-state index in [9.17, 15) is 22.4 Å². The fourth-order valence-corrected chi connectivity index (χ4v) is 3.93. The number of benzene rings is 1. The molecular weight excluding hydrogens is 400 g/mol. The number of halogens is 4. The van der Waals surface area contributed by atoms with Crippen molar-refractivity contribution in [2.24, 2.45) is 0 Å². The van der Waals surface area contributed by atoms with Crippen molar-refractivity contribution in [3.05, 3.63) is 52.5 Å². The highest BCUT2D eigenvalue weighted by atomic mass is 32.1. The number of nitrogens with zero attached hydrogens (tertiary/aromatic N) is 3. The third-order valence-corrected chi connectivity index (χ3v) is 5.31. The van der Waals surface area contributed by atoms with Gasteiger partial charge in [-0.2, -0.15) is 18.2 Å². The average Bonchev–Trinajstić information content (AvgIpc) is 3.29. The molecule has 1 aromatic carbocycles. The van der Waals surface area contributed by atoms with E-state index in [1.54, 1.807) is 11.0 Å². The van der Waals surface area contributed by atoms with Crippen molar-refractivity contribution in [2.75, 3.05) is 11.9 Å². The summed E-state index contributed by atoms with van der Waals surface area (Å²) in [5.74, 6) is -1.93. The fraction of sp³-hybridized carbons (Fsp3) is 0.235. The maximum atomic E-state index is 13.0. The molecule has 0 saturated carbocycles. The minimum absolute atomic E-state index is 0.131. The zero-order chi connectivity index (χ0) is 19.9. The van der Waals surface area contributed by atoms with Crippen LogP contribution in [-0.4, -0.2) is 27.6 Å². The predicted molar refractivity (Wildman–Crippen MR) is 92.1 cm³/mol. The van der Waals surface area contributed by atoms with Gasteiger partial charge in [0.25, 0.3) is 0 Å². The number of aromatic nitrogens is 2. The first-order valence-electron chi connectivity index (χ1n) is 8.14. The number of rotatable bonds is 2. The molecule has 4 rings (SSSR count). The van der Waals surface area contributed by atoms with Gasteiger partial charge in [-0.3, -0.25) is 0 Å². The van der Waals surface area contributed by atoms with Crippen molar-refractivity contribution < 1.29 is 26.9 Å². The smallest absolute Gasteiger partial charge is 0.329 e. The standard InChI is InChI=1S/C17H12F4N4O2S/c18-10-1-3-11(4-2-10)22-16(26)25-6-5-9-7-12(28-13(9)8-25)14-23-15(27-24-14)17(19,20)21/h1-4,7H,5-6,8H2,(H,22,26). The molecule has 11 heteroatoms. The van der Waals surface area contributed by atoms with Crippen LogP contribution in [0.2, 0.25) is 0 Å². The van der Waals surface area contributed by atoms with Crippen LogP contribution >= 0.6 is 11.3 Å². The number of alkyl halides is 3. The number of carbonyl (C=O) groups is 1. The largest absolute Gasteiger partial charge is 0.471 e. The van der Waals surface area contributed by atoms with E-state index in [1.807, 2.05) is 0 Å². The summed E-state index contributed by atoms with van der Waals surface area (Å²) in [7, 11) is 0. The van der Waals surface area contributed by atoms with Gasteiger partial charge in [-0.25, -0.2) is 9.18 Å². The number of hydrogen-bond donors (Lipinski definition) is 1. The maximum Gasteiger partial charge on any atom is 0.471 e. The molecule has 0 atom stereocenters. The van der Waals surface area contributed by atoms with Crippen molar-refractivity contribution in [1.29, 1.82) is 0 Å². The molecular formula is C17H12F4N4O2S. The van der Waals surface area contributed by atoms with Crippen LogP contribution in [0.1, 0.15) is 16.3 Å². The summed E-state index contributed by atoms with van der Waals surface area (Å²) < 4.78 is 55.1. The Bertz CT molecular complexity index is 1010. The van der Waals surface area contributed by atoms with E-state index >= 15 is 0 Å². The first-order valence-corrected chi connectivity index (χ1v) is 8.95. The van der Waals surface area contributed by atoms with Gasteiger partial charge in [0.05, 0.1) is 11.4 Å². The van der Waals surface area contributed by atoms with Gasteiger partial charge in [-0.15, -0.1) is 11.3 Å². The van der Waals surface area contributed by atoms with Crippen molar-refractivity contribution in [2.45, 2.75) is 19.1 Å². The molecule has 1 aliphatic rings. The van der Waals surface area contributed by atoms with E-state index in [0.29, 0.717) is 30.1 Å². The Morgan fingerprint density at radius 2 is 2.00 bits per heavy atom. The zero-order valence-corrected chi connectivity index (χ0v) is 14.9. The minimum atomic E-state index is -4.70. The van der Waals surface area contributed by atoms with Crippen molar-refractivity contribution >= 4 is 23.1 Å². The summed E-state index contributed by atoms with van der Waals surface area (Å²) in [5, 5.41) is 6.08. The van der Waals surface area contributed by atoms with E-state index in [-0.39, 0.29) is 11.9 Å². The van der Waals surface area contributed by atoms with Gasteiger partial charge in [0.1, 0.15) is 5.82 Å². The number of amides is 2. The van der Waals surface area contributed by atoms with Crippen LogP contribution in [-0.2, 0) is 19.1 Å². The zero-order valence-electron chi connectivity index (χ0n) is 14.1. The molecule has 0 spiro atoms. The van der Waals surface area contributed by atoms with Crippen LogP contribution in [0.15, 0.2) is 34.9 Å². The SMILES string of the molecule is O=C(Nc1ccc(F)cc1)N1CCc2cc(-c3noc(C(F)(F)F)n3)sc2C1. The lowest BCUT2D eigenvalue weighted by atomic mass is 10.1. The highest BCUT2D eigenvalue weighted by Crippen LogP contribution is 2.35. The third kappa shape index (κ3) is 3.70. The second-order valence-corrected chi connectivity index (χ2v) is 7.23. The van der Waals surface area contributed by atoms with Crippen molar-refractivity contribution in [1.82, 2.24) is 15.0 Å². The van der Waals surface area contributed by atoms with Gasteiger partial charge in [0.2, 0.25) is 5.82 Å². The van der Waals surface area contributed by atoms with Crippen LogP contribution < -0.4 is 5.32 Å².